The molecule has 1 unspecified atom stereocenters. The van der Waals surface area contributed by atoms with Gasteiger partial charge in [-0.1, -0.05) is 20.8 Å². The first-order valence-corrected chi connectivity index (χ1v) is 5.92. The number of carbonyl (C=O) groups excluding carboxylic acids is 1. The highest BCUT2D eigenvalue weighted by atomic mass is 16.4. The van der Waals surface area contributed by atoms with Crippen LogP contribution in [0.5, 0.6) is 0 Å². The molecule has 0 aromatic heterocycles. The van der Waals surface area contributed by atoms with Crippen LogP contribution in [0.15, 0.2) is 0 Å². The van der Waals surface area contributed by atoms with E-state index in [0.717, 1.165) is 12.8 Å². The van der Waals surface area contributed by atoms with E-state index in [1.54, 1.807) is 0 Å². The first-order valence-electron chi connectivity index (χ1n) is 5.92. The first kappa shape index (κ1) is 13.0. The molecule has 16 heavy (non-hydrogen) atoms. The van der Waals surface area contributed by atoms with Crippen molar-refractivity contribution in [2.45, 2.75) is 33.6 Å². The smallest absolute Gasteiger partial charge is 0.323 e. The molecule has 0 aromatic rings. The van der Waals surface area contributed by atoms with E-state index in [2.05, 4.69) is 0 Å². The maximum atomic E-state index is 12.0. The van der Waals surface area contributed by atoms with Crippen LogP contribution in [-0.4, -0.2) is 35.0 Å². The number of hydrogen-bond acceptors (Lipinski definition) is 2. The molecule has 4 nitrogen and oxygen atoms in total. The SMILES string of the molecule is CC(C)C(C)C(=O)N(CC(=O)O)CC1CC1. The van der Waals surface area contributed by atoms with Gasteiger partial charge in [0.2, 0.25) is 5.91 Å². The second kappa shape index (κ2) is 5.32. The third-order valence-electron chi connectivity index (χ3n) is 3.20. The van der Waals surface area contributed by atoms with E-state index < -0.39 is 5.97 Å². The number of carbonyl (C=O) groups is 2. The lowest BCUT2D eigenvalue weighted by atomic mass is 9.96. The van der Waals surface area contributed by atoms with Gasteiger partial charge in [0.25, 0.3) is 0 Å². The second-order valence-corrected chi connectivity index (χ2v) is 5.09. The lowest BCUT2D eigenvalue weighted by Gasteiger charge is -2.25. The van der Waals surface area contributed by atoms with E-state index in [-0.39, 0.29) is 24.3 Å². The van der Waals surface area contributed by atoms with Gasteiger partial charge in [-0.15, -0.1) is 0 Å². The summed E-state index contributed by atoms with van der Waals surface area (Å²) in [5.41, 5.74) is 0. The lowest BCUT2D eigenvalue weighted by Crippen LogP contribution is -2.41. The van der Waals surface area contributed by atoms with Gasteiger partial charge >= 0.3 is 5.97 Å². The Morgan fingerprint density at radius 2 is 1.88 bits per heavy atom. The van der Waals surface area contributed by atoms with Crippen LogP contribution in [-0.2, 0) is 9.59 Å². The number of amides is 1. The zero-order chi connectivity index (χ0) is 12.3. The molecule has 1 aliphatic rings. The van der Waals surface area contributed by atoms with E-state index in [1.165, 1.54) is 4.90 Å². The van der Waals surface area contributed by atoms with Gasteiger partial charge in [-0.05, 0) is 24.7 Å². The largest absolute Gasteiger partial charge is 0.480 e. The van der Waals surface area contributed by atoms with E-state index in [0.29, 0.717) is 12.5 Å². The topological polar surface area (TPSA) is 57.6 Å². The number of nitrogens with zero attached hydrogens (tertiary/aromatic N) is 1. The van der Waals surface area contributed by atoms with E-state index in [9.17, 15) is 9.59 Å². The predicted molar refractivity (Wildman–Crippen MR) is 60.9 cm³/mol. The minimum Gasteiger partial charge on any atom is -0.480 e. The molecule has 0 radical (unpaired) electrons. The Kier molecular flexibility index (Phi) is 4.33. The highest BCUT2D eigenvalue weighted by Crippen LogP contribution is 2.30. The van der Waals surface area contributed by atoms with Crippen LogP contribution in [0.1, 0.15) is 33.6 Å². The standard InChI is InChI=1S/C12H21NO3/c1-8(2)9(3)12(16)13(7-11(14)15)6-10-4-5-10/h8-10H,4-7H2,1-3H3,(H,14,15). The highest BCUT2D eigenvalue weighted by molar-refractivity contribution is 5.83. The third kappa shape index (κ3) is 3.83. The van der Waals surface area contributed by atoms with Gasteiger partial charge in [0, 0.05) is 12.5 Å². The maximum absolute atomic E-state index is 12.0. The Morgan fingerprint density at radius 1 is 1.31 bits per heavy atom. The molecule has 92 valence electrons. The van der Waals surface area contributed by atoms with Gasteiger partial charge in [0.1, 0.15) is 6.54 Å². The molecule has 0 saturated heterocycles. The Balaban J connectivity index is 2.58. The molecule has 0 aromatic carbocycles. The van der Waals surface area contributed by atoms with Crippen molar-refractivity contribution >= 4 is 11.9 Å². The molecule has 1 fully saturated rings. The van der Waals surface area contributed by atoms with Gasteiger partial charge in [-0.3, -0.25) is 9.59 Å². The minimum atomic E-state index is -0.926. The second-order valence-electron chi connectivity index (χ2n) is 5.09. The molecule has 0 heterocycles. The molecule has 4 heteroatoms. The zero-order valence-corrected chi connectivity index (χ0v) is 10.3. The fraction of sp³-hybridized carbons (Fsp3) is 0.833. The average Bonchev–Trinajstić information content (AvgIpc) is 2.97. The molecule has 1 amide bonds. The first-order chi connectivity index (χ1) is 7.41. The average molecular weight is 227 g/mol. The van der Waals surface area contributed by atoms with Gasteiger partial charge in [0.15, 0.2) is 0 Å². The van der Waals surface area contributed by atoms with Crippen molar-refractivity contribution < 1.29 is 14.7 Å². The van der Waals surface area contributed by atoms with Crippen molar-refractivity contribution in [2.24, 2.45) is 17.8 Å². The Hall–Kier alpha value is -1.06. The summed E-state index contributed by atoms with van der Waals surface area (Å²) < 4.78 is 0. The van der Waals surface area contributed by atoms with Crippen molar-refractivity contribution in [3.63, 3.8) is 0 Å². The van der Waals surface area contributed by atoms with Crippen LogP contribution < -0.4 is 0 Å². The van der Waals surface area contributed by atoms with Crippen molar-refractivity contribution in [3.05, 3.63) is 0 Å². The number of carboxylic acids is 1. The Morgan fingerprint density at radius 3 is 2.25 bits per heavy atom. The fourth-order valence-electron chi connectivity index (χ4n) is 1.58. The summed E-state index contributed by atoms with van der Waals surface area (Å²) >= 11 is 0. The van der Waals surface area contributed by atoms with Gasteiger partial charge in [-0.25, -0.2) is 0 Å². The molecular weight excluding hydrogens is 206 g/mol. The summed E-state index contributed by atoms with van der Waals surface area (Å²) in [6.45, 7) is 6.29. The molecule has 0 spiro atoms. The van der Waals surface area contributed by atoms with Crippen LogP contribution >= 0.6 is 0 Å². The van der Waals surface area contributed by atoms with Crippen LogP contribution in [0.2, 0.25) is 0 Å². The monoisotopic (exact) mass is 227 g/mol. The Labute approximate surface area is 96.6 Å². The van der Waals surface area contributed by atoms with Crippen molar-refractivity contribution in [1.29, 1.82) is 0 Å². The molecule has 1 N–H and O–H groups in total. The lowest BCUT2D eigenvalue weighted by molar-refractivity contribution is -0.146. The zero-order valence-electron chi connectivity index (χ0n) is 10.3. The number of aliphatic carboxylic acids is 1. The third-order valence-corrected chi connectivity index (χ3v) is 3.20. The van der Waals surface area contributed by atoms with Crippen LogP contribution in [0.4, 0.5) is 0 Å². The number of hydrogen-bond donors (Lipinski definition) is 1. The van der Waals surface area contributed by atoms with Gasteiger partial charge in [0.05, 0.1) is 0 Å². The van der Waals surface area contributed by atoms with Crippen LogP contribution in [0.3, 0.4) is 0 Å². The quantitative estimate of drug-likeness (QED) is 0.750. The molecule has 1 saturated carbocycles. The molecule has 0 aliphatic heterocycles. The maximum Gasteiger partial charge on any atom is 0.323 e. The molecule has 1 rings (SSSR count). The summed E-state index contributed by atoms with van der Waals surface area (Å²) in [5.74, 6) is -0.266. The summed E-state index contributed by atoms with van der Waals surface area (Å²) in [5, 5.41) is 8.79. The predicted octanol–water partition coefficient (Wildman–Crippen LogP) is 1.60. The van der Waals surface area contributed by atoms with Gasteiger partial charge in [-0.2, -0.15) is 0 Å². The minimum absolute atomic E-state index is 0.0238. The molecule has 1 aliphatic carbocycles. The molecule has 0 bridgehead atoms. The fourth-order valence-corrected chi connectivity index (χ4v) is 1.58. The molecule has 1 atom stereocenters. The summed E-state index contributed by atoms with van der Waals surface area (Å²) in [4.78, 5) is 24.3. The normalized spacial score (nSPS) is 17.2. The number of rotatable bonds is 6. The van der Waals surface area contributed by atoms with E-state index >= 15 is 0 Å². The van der Waals surface area contributed by atoms with Crippen molar-refractivity contribution in [2.75, 3.05) is 13.1 Å². The summed E-state index contributed by atoms with van der Waals surface area (Å²) in [6, 6.07) is 0. The van der Waals surface area contributed by atoms with E-state index in [4.69, 9.17) is 5.11 Å². The Bertz CT molecular complexity index is 271. The van der Waals surface area contributed by atoms with E-state index in [1.807, 2.05) is 20.8 Å². The van der Waals surface area contributed by atoms with Crippen LogP contribution in [0.25, 0.3) is 0 Å². The van der Waals surface area contributed by atoms with Crippen LogP contribution in [0, 0.1) is 17.8 Å². The highest BCUT2D eigenvalue weighted by Gasteiger charge is 2.30. The van der Waals surface area contributed by atoms with Gasteiger partial charge < -0.3 is 10.0 Å². The van der Waals surface area contributed by atoms with Crippen molar-refractivity contribution in [1.82, 2.24) is 4.90 Å². The summed E-state index contributed by atoms with van der Waals surface area (Å²) in [7, 11) is 0. The number of carboxylic acid groups (broad SMARTS) is 1. The molecular formula is C12H21NO3. The van der Waals surface area contributed by atoms with Crippen molar-refractivity contribution in [3.8, 4) is 0 Å². The summed E-state index contributed by atoms with van der Waals surface area (Å²) in [6.07, 6.45) is 2.25.